The van der Waals surface area contributed by atoms with Gasteiger partial charge in [0.25, 0.3) is 0 Å². The summed E-state index contributed by atoms with van der Waals surface area (Å²) in [6, 6.07) is 3.89. The van der Waals surface area contributed by atoms with Crippen LogP contribution in [-0.2, 0) is 4.74 Å². The van der Waals surface area contributed by atoms with E-state index in [-0.39, 0.29) is 6.09 Å². The number of amidine groups is 1. The fourth-order valence-electron chi connectivity index (χ4n) is 2.29. The second kappa shape index (κ2) is 5.49. The number of hydrogen-bond acceptors (Lipinski definition) is 5. The fourth-order valence-corrected chi connectivity index (χ4v) is 3.52. The van der Waals surface area contributed by atoms with Crippen LogP contribution in [0.2, 0.25) is 0 Å². The number of nitrogens with two attached hydrogens (primary N) is 1. The van der Waals surface area contributed by atoms with Crippen LogP contribution in [0.3, 0.4) is 0 Å². The predicted molar refractivity (Wildman–Crippen MR) is 92.8 cm³/mol. The predicted octanol–water partition coefficient (Wildman–Crippen LogP) is 2.67. The van der Waals surface area contributed by atoms with Crippen molar-refractivity contribution in [2.24, 2.45) is 12.2 Å². The lowest BCUT2D eigenvalue weighted by atomic mass is 10.2. The number of nitrogens with zero attached hydrogens (tertiary/aromatic N) is 4. The number of hydrogen-bond donors (Lipinski definition) is 1. The standard InChI is InChI=1S/C14H18IN5O2/c1-14(2,3)22-13(21)19-7-6-9(8-19)10-4-5-11-12(16)17-15-18-20(10)11/h4-6H,7-8H2,1-3H3,(H2,16,17,18). The highest BCUT2D eigenvalue weighted by molar-refractivity contribution is 14.1. The molecule has 2 N–H and O–H groups in total. The van der Waals surface area contributed by atoms with Gasteiger partial charge in [-0.05, 0) is 38.5 Å². The van der Waals surface area contributed by atoms with Crippen molar-refractivity contribution in [3.63, 3.8) is 0 Å². The zero-order chi connectivity index (χ0) is 15.9. The van der Waals surface area contributed by atoms with Gasteiger partial charge in [0.2, 0.25) is 0 Å². The molecule has 0 aromatic carbocycles. The van der Waals surface area contributed by atoms with Crippen LogP contribution in [0.25, 0.3) is 5.57 Å². The highest BCUT2D eigenvalue weighted by Crippen LogP contribution is 2.28. The van der Waals surface area contributed by atoms with E-state index in [1.807, 2.05) is 43.7 Å². The SMILES string of the molecule is CC(C)(C)OC(=O)N1CC=C(c2ccc3n2N=IN=C3N)C1. The average Bonchev–Trinajstić information content (AvgIpc) is 3.03. The molecule has 2 aliphatic rings. The Kier molecular flexibility index (Phi) is 3.79. The van der Waals surface area contributed by atoms with E-state index in [2.05, 4.69) is 6.46 Å². The molecule has 0 atom stereocenters. The molecule has 0 unspecified atom stereocenters. The highest BCUT2D eigenvalue weighted by Gasteiger charge is 2.27. The van der Waals surface area contributed by atoms with Crippen LogP contribution >= 0.6 is 21.3 Å². The molecule has 0 spiro atoms. The molecule has 0 saturated heterocycles. The van der Waals surface area contributed by atoms with E-state index in [4.69, 9.17) is 10.5 Å². The van der Waals surface area contributed by atoms with Crippen LogP contribution < -0.4 is 5.73 Å². The minimum Gasteiger partial charge on any atom is -0.444 e. The summed E-state index contributed by atoms with van der Waals surface area (Å²) in [6.45, 7) is 6.66. The van der Waals surface area contributed by atoms with Crippen molar-refractivity contribution in [1.82, 2.24) is 9.58 Å². The molecule has 1 aromatic rings. The third-order valence-electron chi connectivity index (χ3n) is 3.26. The highest BCUT2D eigenvalue weighted by atomic mass is 127. The van der Waals surface area contributed by atoms with Gasteiger partial charge in [0.1, 0.15) is 11.3 Å². The normalized spacial score (nSPS) is 17.5. The lowest BCUT2D eigenvalue weighted by Crippen LogP contribution is -2.35. The largest absolute Gasteiger partial charge is 0.444 e. The fraction of sp³-hybridized carbons (Fsp3) is 0.429. The van der Waals surface area contributed by atoms with E-state index in [0.717, 1.165) is 17.0 Å². The van der Waals surface area contributed by atoms with Gasteiger partial charge in [-0.1, -0.05) is 6.08 Å². The minimum absolute atomic E-state index is 0.297. The summed E-state index contributed by atoms with van der Waals surface area (Å²) in [4.78, 5) is 13.8. The lowest BCUT2D eigenvalue weighted by molar-refractivity contribution is 0.0306. The van der Waals surface area contributed by atoms with Gasteiger partial charge in [0.15, 0.2) is 27.1 Å². The summed E-state index contributed by atoms with van der Waals surface area (Å²) < 4.78 is 15.9. The maximum atomic E-state index is 12.1. The monoisotopic (exact) mass is 415 g/mol. The number of fused-ring (bicyclic) bond motifs is 1. The third kappa shape index (κ3) is 2.92. The van der Waals surface area contributed by atoms with Gasteiger partial charge in [-0.2, -0.15) is 3.21 Å². The van der Waals surface area contributed by atoms with Crippen LogP contribution in [0.4, 0.5) is 4.79 Å². The van der Waals surface area contributed by atoms with E-state index >= 15 is 0 Å². The smallest absolute Gasteiger partial charge is 0.410 e. The Morgan fingerprint density at radius 3 is 2.82 bits per heavy atom. The number of amides is 1. The molecule has 3 heterocycles. The van der Waals surface area contributed by atoms with E-state index in [1.165, 1.54) is 0 Å². The van der Waals surface area contributed by atoms with E-state index in [0.29, 0.717) is 18.9 Å². The number of aromatic nitrogens is 1. The first kappa shape index (κ1) is 15.2. The first-order valence-corrected chi connectivity index (χ1v) is 8.86. The number of carbonyl (C=O) groups is 1. The van der Waals surface area contributed by atoms with Gasteiger partial charge in [0, 0.05) is 6.54 Å². The zero-order valence-electron chi connectivity index (χ0n) is 12.7. The van der Waals surface area contributed by atoms with Crippen LogP contribution in [0, 0.1) is 0 Å². The van der Waals surface area contributed by atoms with Crippen molar-refractivity contribution in [3.05, 3.63) is 29.6 Å². The number of ether oxygens (including phenoxy) is 1. The molecule has 0 aliphatic carbocycles. The summed E-state index contributed by atoms with van der Waals surface area (Å²) in [7, 11) is 0. The second-order valence-electron chi connectivity index (χ2n) is 6.13. The maximum absolute atomic E-state index is 12.1. The van der Waals surface area contributed by atoms with Crippen LogP contribution in [0.1, 0.15) is 32.2 Å². The molecule has 22 heavy (non-hydrogen) atoms. The maximum Gasteiger partial charge on any atom is 0.410 e. The topological polar surface area (TPSA) is 85.2 Å². The number of halogens is 1. The van der Waals surface area contributed by atoms with Gasteiger partial charge < -0.3 is 15.4 Å². The molecular formula is C14H18IN5O2. The van der Waals surface area contributed by atoms with E-state index < -0.39 is 26.9 Å². The first-order chi connectivity index (χ1) is 10.3. The van der Waals surface area contributed by atoms with Gasteiger partial charge in [-0.3, -0.25) is 0 Å². The van der Waals surface area contributed by atoms with Crippen LogP contribution in [-0.4, -0.2) is 40.2 Å². The molecule has 0 radical (unpaired) electrons. The molecular weight excluding hydrogens is 397 g/mol. The Labute approximate surface area is 139 Å². The molecule has 118 valence electrons. The second-order valence-corrected chi connectivity index (χ2v) is 7.47. The van der Waals surface area contributed by atoms with E-state index in [9.17, 15) is 4.79 Å². The Hall–Kier alpha value is -1.71. The lowest BCUT2D eigenvalue weighted by Gasteiger charge is -2.24. The Balaban J connectivity index is 1.76. The Bertz CT molecular complexity index is 711. The molecule has 2 aliphatic heterocycles. The molecule has 8 heteroatoms. The Morgan fingerprint density at radius 1 is 1.36 bits per heavy atom. The zero-order valence-corrected chi connectivity index (χ0v) is 14.9. The molecule has 7 nitrogen and oxygen atoms in total. The Morgan fingerprint density at radius 2 is 2.09 bits per heavy atom. The van der Waals surface area contributed by atoms with Gasteiger partial charge in [-0.25, -0.2) is 9.47 Å². The quantitative estimate of drug-likeness (QED) is 0.716. The van der Waals surface area contributed by atoms with Crippen molar-refractivity contribution < 1.29 is 9.53 Å². The first-order valence-electron chi connectivity index (χ1n) is 6.93. The van der Waals surface area contributed by atoms with Gasteiger partial charge >= 0.3 is 6.09 Å². The van der Waals surface area contributed by atoms with Crippen LogP contribution in [0.5, 0.6) is 0 Å². The van der Waals surface area contributed by atoms with Crippen molar-refractivity contribution in [2.75, 3.05) is 13.1 Å². The summed E-state index contributed by atoms with van der Waals surface area (Å²) in [6.07, 6.45) is 1.73. The molecule has 1 aromatic heterocycles. The molecule has 0 saturated carbocycles. The average molecular weight is 415 g/mol. The number of rotatable bonds is 1. The minimum atomic E-state index is -0.646. The van der Waals surface area contributed by atoms with Crippen molar-refractivity contribution in [2.45, 2.75) is 26.4 Å². The van der Waals surface area contributed by atoms with Gasteiger partial charge in [-0.15, -0.1) is 3.25 Å². The number of carbonyl (C=O) groups excluding carboxylic acids is 1. The van der Waals surface area contributed by atoms with Crippen LogP contribution in [0.15, 0.2) is 24.7 Å². The molecule has 1 amide bonds. The van der Waals surface area contributed by atoms with Gasteiger partial charge in [0.05, 0.1) is 12.2 Å². The van der Waals surface area contributed by atoms with E-state index in [1.54, 1.807) is 4.90 Å². The summed E-state index contributed by atoms with van der Waals surface area (Å²) >= 11 is -0.646. The summed E-state index contributed by atoms with van der Waals surface area (Å²) in [5, 5.41) is 0. The molecule has 0 fully saturated rings. The summed E-state index contributed by atoms with van der Waals surface area (Å²) in [5.41, 5.74) is 8.25. The molecule has 0 bridgehead atoms. The van der Waals surface area contributed by atoms with Crippen molar-refractivity contribution in [1.29, 1.82) is 0 Å². The van der Waals surface area contributed by atoms with Crippen molar-refractivity contribution >= 4 is 38.8 Å². The third-order valence-corrected chi connectivity index (χ3v) is 4.62. The molecule has 3 rings (SSSR count). The van der Waals surface area contributed by atoms with Crippen molar-refractivity contribution in [3.8, 4) is 0 Å². The summed E-state index contributed by atoms with van der Waals surface area (Å²) in [5.74, 6) is 0.539.